The number of hydrogen-bond donors (Lipinski definition) is 3. The quantitative estimate of drug-likeness (QED) is 0.149. The van der Waals surface area contributed by atoms with E-state index in [1.54, 1.807) is 13.0 Å². The fourth-order valence-corrected chi connectivity index (χ4v) is 6.27. The molecule has 0 aromatic heterocycles. The van der Waals surface area contributed by atoms with Gasteiger partial charge in [0.1, 0.15) is 6.04 Å². The Bertz CT molecular complexity index is 1620. The normalized spacial score (nSPS) is 15.4. The Balaban J connectivity index is 1.00. The predicted molar refractivity (Wildman–Crippen MR) is 172 cm³/mol. The number of nitrogens with one attached hydrogen (secondary N) is 3. The van der Waals surface area contributed by atoms with E-state index in [0.717, 1.165) is 30.6 Å². The van der Waals surface area contributed by atoms with Crippen molar-refractivity contribution in [3.8, 4) is 11.1 Å². The van der Waals surface area contributed by atoms with Crippen LogP contribution in [0.5, 0.6) is 0 Å². The molecular formula is C36H38N4O6. The SMILES string of the molecule is Cc1cc(C(=O)NCCCCCCNC(=O)CC2c3ccccc3-c3ccccc32)ccc1C(=O)N(C=O)C1CCC(=O)NC1=O. The van der Waals surface area contributed by atoms with E-state index in [1.807, 2.05) is 24.3 Å². The molecule has 0 saturated carbocycles. The number of hydrogen-bond acceptors (Lipinski definition) is 6. The van der Waals surface area contributed by atoms with Crippen molar-refractivity contribution in [2.45, 2.75) is 63.8 Å². The number of unbranched alkanes of at least 4 members (excludes halogenated alkanes) is 3. The number of piperidine rings is 1. The molecule has 0 bridgehead atoms. The summed E-state index contributed by atoms with van der Waals surface area (Å²) >= 11 is 0. The first-order chi connectivity index (χ1) is 22.3. The number of carbonyl (C=O) groups excluding carboxylic acids is 6. The largest absolute Gasteiger partial charge is 0.356 e. The van der Waals surface area contributed by atoms with Crippen molar-refractivity contribution in [3.05, 3.63) is 94.5 Å². The van der Waals surface area contributed by atoms with Crippen LogP contribution in [0.3, 0.4) is 0 Å². The van der Waals surface area contributed by atoms with Gasteiger partial charge in [-0.15, -0.1) is 0 Å². The number of benzene rings is 3. The molecule has 0 radical (unpaired) electrons. The van der Waals surface area contributed by atoms with E-state index in [1.165, 1.54) is 34.4 Å². The first-order valence-electron chi connectivity index (χ1n) is 15.7. The molecule has 2 aliphatic rings. The van der Waals surface area contributed by atoms with Crippen LogP contribution in [0.4, 0.5) is 0 Å². The molecule has 1 aliphatic carbocycles. The smallest absolute Gasteiger partial charge is 0.261 e. The molecule has 6 amide bonds. The molecule has 46 heavy (non-hydrogen) atoms. The van der Waals surface area contributed by atoms with Crippen LogP contribution in [0.15, 0.2) is 66.7 Å². The van der Waals surface area contributed by atoms with Crippen LogP contribution in [-0.2, 0) is 19.2 Å². The zero-order chi connectivity index (χ0) is 32.6. The minimum atomic E-state index is -1.06. The van der Waals surface area contributed by atoms with E-state index in [2.05, 4.69) is 40.2 Å². The highest BCUT2D eigenvalue weighted by Crippen LogP contribution is 2.45. The lowest BCUT2D eigenvalue weighted by Crippen LogP contribution is -2.53. The number of aryl methyl sites for hydroxylation is 1. The second-order valence-corrected chi connectivity index (χ2v) is 11.8. The van der Waals surface area contributed by atoms with Gasteiger partial charge in [0.05, 0.1) is 0 Å². The van der Waals surface area contributed by atoms with Crippen molar-refractivity contribution in [1.29, 1.82) is 0 Å². The molecule has 3 aromatic rings. The minimum absolute atomic E-state index is 0.0364. The number of fused-ring (bicyclic) bond motifs is 3. The van der Waals surface area contributed by atoms with Crippen molar-refractivity contribution >= 4 is 35.9 Å². The standard InChI is InChI=1S/C36H38N4O6/c1-23-20-24(14-15-25(23)36(46)40(22-41)31-16-17-32(42)39-35(31)45)34(44)38-19-9-3-2-8-18-37-33(43)21-30-28-12-6-4-10-26(28)27-11-5-7-13-29(27)30/h4-7,10-15,20,22,30-31H,2-3,8-9,16-19,21H2,1H3,(H,37,43)(H,38,44)(H,39,42,45). The van der Waals surface area contributed by atoms with E-state index in [-0.39, 0.29) is 36.1 Å². The maximum absolute atomic E-state index is 13.0. The first-order valence-corrected chi connectivity index (χ1v) is 15.7. The number of carbonyl (C=O) groups is 6. The van der Waals surface area contributed by atoms with E-state index >= 15 is 0 Å². The molecule has 3 N–H and O–H groups in total. The molecule has 1 unspecified atom stereocenters. The number of imide groups is 2. The lowest BCUT2D eigenvalue weighted by atomic mass is 9.93. The Morgan fingerprint density at radius 3 is 2.11 bits per heavy atom. The fraction of sp³-hybridized carbons (Fsp3) is 0.333. The summed E-state index contributed by atoms with van der Waals surface area (Å²) < 4.78 is 0. The molecule has 238 valence electrons. The molecule has 5 rings (SSSR count). The van der Waals surface area contributed by atoms with Crippen molar-refractivity contribution < 1.29 is 28.8 Å². The third-order valence-electron chi connectivity index (χ3n) is 8.68. The van der Waals surface area contributed by atoms with Gasteiger partial charge in [0.2, 0.25) is 24.1 Å². The molecule has 1 atom stereocenters. The molecule has 0 spiro atoms. The van der Waals surface area contributed by atoms with Gasteiger partial charge >= 0.3 is 0 Å². The molecule has 10 heteroatoms. The van der Waals surface area contributed by atoms with Crippen LogP contribution in [0.2, 0.25) is 0 Å². The zero-order valence-corrected chi connectivity index (χ0v) is 25.8. The van der Waals surface area contributed by atoms with E-state index < -0.39 is 23.8 Å². The number of nitrogens with zero attached hydrogens (tertiary/aromatic N) is 1. The van der Waals surface area contributed by atoms with Crippen LogP contribution < -0.4 is 16.0 Å². The van der Waals surface area contributed by atoms with Crippen LogP contribution in [0, 0.1) is 6.92 Å². The van der Waals surface area contributed by atoms with Crippen molar-refractivity contribution in [1.82, 2.24) is 20.9 Å². The highest BCUT2D eigenvalue weighted by atomic mass is 16.2. The fourth-order valence-electron chi connectivity index (χ4n) is 6.27. The summed E-state index contributed by atoms with van der Waals surface area (Å²) in [6.45, 7) is 2.75. The molecule has 1 heterocycles. The van der Waals surface area contributed by atoms with Crippen molar-refractivity contribution in [3.63, 3.8) is 0 Å². The summed E-state index contributed by atoms with van der Waals surface area (Å²) in [5.41, 5.74) is 5.88. The van der Waals surface area contributed by atoms with E-state index in [9.17, 15) is 28.8 Å². The third kappa shape index (κ3) is 7.22. The summed E-state index contributed by atoms with van der Waals surface area (Å²) in [6, 6.07) is 20.0. The van der Waals surface area contributed by atoms with Gasteiger partial charge in [-0.05, 0) is 72.2 Å². The lowest BCUT2D eigenvalue weighted by Gasteiger charge is -2.28. The highest BCUT2D eigenvalue weighted by Gasteiger charge is 2.35. The lowest BCUT2D eigenvalue weighted by molar-refractivity contribution is -0.139. The van der Waals surface area contributed by atoms with Gasteiger partial charge in [0.15, 0.2) is 0 Å². The van der Waals surface area contributed by atoms with Crippen LogP contribution >= 0.6 is 0 Å². The van der Waals surface area contributed by atoms with E-state index in [4.69, 9.17) is 0 Å². The van der Waals surface area contributed by atoms with Gasteiger partial charge in [0, 0.05) is 43.0 Å². The number of rotatable bonds is 13. The van der Waals surface area contributed by atoms with Crippen molar-refractivity contribution in [2.75, 3.05) is 13.1 Å². The summed E-state index contributed by atoms with van der Waals surface area (Å²) in [5.74, 6) is -1.96. The Labute approximate surface area is 267 Å². The van der Waals surface area contributed by atoms with Crippen molar-refractivity contribution in [2.24, 2.45) is 0 Å². The summed E-state index contributed by atoms with van der Waals surface area (Å²) in [6.07, 6.45) is 4.27. The number of amides is 6. The van der Waals surface area contributed by atoms with Gasteiger partial charge in [0.25, 0.3) is 11.8 Å². The highest BCUT2D eigenvalue weighted by molar-refractivity contribution is 6.08. The topological polar surface area (TPSA) is 142 Å². The van der Waals surface area contributed by atoms with Gasteiger partial charge in [-0.2, -0.15) is 0 Å². The van der Waals surface area contributed by atoms with Gasteiger partial charge in [-0.3, -0.25) is 39.0 Å². The van der Waals surface area contributed by atoms with Gasteiger partial charge < -0.3 is 10.6 Å². The summed E-state index contributed by atoms with van der Waals surface area (Å²) in [5, 5.41) is 8.10. The Morgan fingerprint density at radius 1 is 0.870 bits per heavy atom. The Kier molecular flexibility index (Phi) is 10.4. The van der Waals surface area contributed by atoms with Crippen LogP contribution in [0.1, 0.15) is 88.3 Å². The Hall–Kier alpha value is -5.12. The van der Waals surface area contributed by atoms with Gasteiger partial charge in [-0.25, -0.2) is 0 Å². The second kappa shape index (κ2) is 14.8. The maximum atomic E-state index is 13.0. The van der Waals surface area contributed by atoms with Crippen LogP contribution in [0.25, 0.3) is 11.1 Å². The molecule has 3 aromatic carbocycles. The molecule has 1 fully saturated rings. The molecular weight excluding hydrogens is 584 g/mol. The summed E-state index contributed by atoms with van der Waals surface area (Å²) in [7, 11) is 0. The zero-order valence-electron chi connectivity index (χ0n) is 25.8. The second-order valence-electron chi connectivity index (χ2n) is 11.8. The third-order valence-corrected chi connectivity index (χ3v) is 8.68. The van der Waals surface area contributed by atoms with E-state index in [0.29, 0.717) is 37.0 Å². The monoisotopic (exact) mass is 622 g/mol. The first kappa shape index (κ1) is 32.3. The molecule has 1 aliphatic heterocycles. The minimum Gasteiger partial charge on any atom is -0.356 e. The van der Waals surface area contributed by atoms with Crippen LogP contribution in [-0.4, -0.2) is 60.0 Å². The molecule has 10 nitrogen and oxygen atoms in total. The maximum Gasteiger partial charge on any atom is 0.261 e. The predicted octanol–water partition coefficient (Wildman–Crippen LogP) is 4.01. The molecule has 1 saturated heterocycles. The average molecular weight is 623 g/mol. The van der Waals surface area contributed by atoms with Gasteiger partial charge in [-0.1, -0.05) is 61.4 Å². The Morgan fingerprint density at radius 2 is 1.50 bits per heavy atom. The average Bonchev–Trinajstić information content (AvgIpc) is 3.36. The summed E-state index contributed by atoms with van der Waals surface area (Å²) in [4.78, 5) is 74.6.